The zero-order valence-electron chi connectivity index (χ0n) is 13.2. The fraction of sp³-hybridized carbons (Fsp3) is 0.643. The second-order valence-electron chi connectivity index (χ2n) is 6.15. The molecule has 6 nitrogen and oxygen atoms in total. The van der Waals surface area contributed by atoms with Gasteiger partial charge in [-0.2, -0.15) is 5.26 Å². The van der Waals surface area contributed by atoms with E-state index >= 15 is 0 Å². The molecule has 0 radical (unpaired) electrons. The number of hydrogen-bond donors (Lipinski definition) is 2. The number of hydrogen-bond acceptors (Lipinski definition) is 6. The van der Waals surface area contributed by atoms with Gasteiger partial charge in [-0.25, -0.2) is 15.8 Å². The summed E-state index contributed by atoms with van der Waals surface area (Å²) in [6, 6.07) is 2.23. The molecule has 0 saturated heterocycles. The number of anilines is 2. The second-order valence-corrected chi connectivity index (χ2v) is 6.15. The van der Waals surface area contributed by atoms with E-state index in [2.05, 4.69) is 42.2 Å². The van der Waals surface area contributed by atoms with E-state index in [0.717, 1.165) is 17.2 Å². The van der Waals surface area contributed by atoms with Crippen molar-refractivity contribution in [3.63, 3.8) is 0 Å². The van der Waals surface area contributed by atoms with Crippen molar-refractivity contribution in [1.82, 2.24) is 9.97 Å². The smallest absolute Gasteiger partial charge is 0.148 e. The van der Waals surface area contributed by atoms with E-state index in [-0.39, 0.29) is 11.3 Å². The molecule has 0 fully saturated rings. The van der Waals surface area contributed by atoms with Crippen molar-refractivity contribution in [1.29, 1.82) is 5.26 Å². The van der Waals surface area contributed by atoms with Crippen LogP contribution in [0.5, 0.6) is 0 Å². The molecule has 0 aromatic carbocycles. The Hall–Kier alpha value is -1.87. The minimum Gasteiger partial charge on any atom is -0.358 e. The van der Waals surface area contributed by atoms with E-state index in [1.165, 1.54) is 0 Å². The molecule has 1 atom stereocenters. The molecule has 1 rings (SSSR count). The molecule has 6 heteroatoms. The maximum Gasteiger partial charge on any atom is 0.148 e. The highest BCUT2D eigenvalue weighted by Crippen LogP contribution is 2.27. The Kier molecular flexibility index (Phi) is 4.90. The molecule has 0 aliphatic carbocycles. The molecule has 0 aliphatic rings. The summed E-state index contributed by atoms with van der Waals surface area (Å²) in [6.45, 7) is 10.6. The fourth-order valence-electron chi connectivity index (χ4n) is 1.89. The number of aromatic nitrogens is 2. The normalized spacial score (nSPS) is 12.7. The van der Waals surface area contributed by atoms with Gasteiger partial charge >= 0.3 is 0 Å². The van der Waals surface area contributed by atoms with E-state index in [4.69, 9.17) is 11.1 Å². The van der Waals surface area contributed by atoms with Gasteiger partial charge in [0.1, 0.15) is 17.5 Å². The third kappa shape index (κ3) is 3.58. The van der Waals surface area contributed by atoms with E-state index in [9.17, 15) is 0 Å². The topological polar surface area (TPSA) is 90.9 Å². The Morgan fingerprint density at radius 3 is 2.45 bits per heavy atom. The van der Waals surface area contributed by atoms with Gasteiger partial charge in [0, 0.05) is 24.6 Å². The number of nitrogen functional groups attached to an aromatic ring is 1. The minimum atomic E-state index is -0.171. The Balaban J connectivity index is 3.27. The van der Waals surface area contributed by atoms with Gasteiger partial charge in [-0.1, -0.05) is 20.8 Å². The van der Waals surface area contributed by atoms with Crippen molar-refractivity contribution in [2.45, 2.75) is 40.0 Å². The summed E-state index contributed by atoms with van der Waals surface area (Å²) in [5, 5.41) is 8.94. The first-order chi connectivity index (χ1) is 9.20. The highest BCUT2D eigenvalue weighted by molar-refractivity contribution is 5.58. The summed E-state index contributed by atoms with van der Waals surface area (Å²) in [5.74, 6) is 7.63. The minimum absolute atomic E-state index is 0.0678. The highest BCUT2D eigenvalue weighted by atomic mass is 15.3. The van der Waals surface area contributed by atoms with Crippen molar-refractivity contribution >= 4 is 11.6 Å². The Bertz CT molecular complexity index is 512. The molecule has 1 aromatic rings. The molecule has 0 saturated carbocycles. The first-order valence-corrected chi connectivity index (χ1v) is 6.67. The van der Waals surface area contributed by atoms with Crippen LogP contribution in [0.2, 0.25) is 0 Å². The second kappa shape index (κ2) is 6.06. The van der Waals surface area contributed by atoms with E-state index in [1.54, 1.807) is 0 Å². The summed E-state index contributed by atoms with van der Waals surface area (Å²) in [7, 11) is 1.93. The van der Waals surface area contributed by atoms with Crippen LogP contribution >= 0.6 is 0 Å². The Morgan fingerprint density at radius 2 is 2.00 bits per heavy atom. The zero-order chi connectivity index (χ0) is 15.5. The lowest BCUT2D eigenvalue weighted by Gasteiger charge is -2.25. The predicted octanol–water partition coefficient (Wildman–Crippen LogP) is 1.96. The van der Waals surface area contributed by atoms with Crippen LogP contribution in [0.3, 0.4) is 0 Å². The third-order valence-corrected chi connectivity index (χ3v) is 3.06. The van der Waals surface area contributed by atoms with Crippen molar-refractivity contribution < 1.29 is 0 Å². The summed E-state index contributed by atoms with van der Waals surface area (Å²) >= 11 is 0. The molecule has 3 N–H and O–H groups in total. The molecule has 1 heterocycles. The van der Waals surface area contributed by atoms with Gasteiger partial charge in [0.2, 0.25) is 0 Å². The Labute approximate surface area is 121 Å². The van der Waals surface area contributed by atoms with E-state index < -0.39 is 0 Å². The van der Waals surface area contributed by atoms with Gasteiger partial charge in [0.05, 0.1) is 12.0 Å². The van der Waals surface area contributed by atoms with Crippen LogP contribution in [-0.4, -0.2) is 23.6 Å². The van der Waals surface area contributed by atoms with Gasteiger partial charge in [0.15, 0.2) is 0 Å². The summed E-state index contributed by atoms with van der Waals surface area (Å²) in [6.07, 6.45) is 0. The van der Waals surface area contributed by atoms with Gasteiger partial charge in [-0.05, 0) is 13.8 Å². The SMILES string of the molecule is Cc1c(NN)nc(C(C)(C)C)nc1N(C)CC(C)C#N. The molecule has 0 spiro atoms. The molecule has 0 amide bonds. The predicted molar refractivity (Wildman–Crippen MR) is 81.3 cm³/mol. The van der Waals surface area contributed by atoms with Gasteiger partial charge in [0.25, 0.3) is 0 Å². The van der Waals surface area contributed by atoms with E-state index in [1.807, 2.05) is 25.8 Å². The number of nitrogens with one attached hydrogen (secondary N) is 1. The lowest BCUT2D eigenvalue weighted by molar-refractivity contribution is 0.544. The van der Waals surface area contributed by atoms with Crippen LogP contribution in [0.1, 0.15) is 39.1 Å². The number of rotatable bonds is 4. The van der Waals surface area contributed by atoms with Crippen LogP contribution in [0.25, 0.3) is 0 Å². The molecule has 1 unspecified atom stereocenters. The molecule has 0 aliphatic heterocycles. The van der Waals surface area contributed by atoms with Crippen LogP contribution in [0.4, 0.5) is 11.6 Å². The monoisotopic (exact) mass is 276 g/mol. The maximum absolute atomic E-state index is 8.94. The number of hydrazine groups is 1. The number of nitrogens with zero attached hydrogens (tertiary/aromatic N) is 4. The summed E-state index contributed by atoms with van der Waals surface area (Å²) < 4.78 is 0. The largest absolute Gasteiger partial charge is 0.358 e. The van der Waals surface area contributed by atoms with Crippen molar-refractivity contribution in [3.8, 4) is 6.07 Å². The fourth-order valence-corrected chi connectivity index (χ4v) is 1.89. The molecule has 1 aromatic heterocycles. The number of nitriles is 1. The van der Waals surface area contributed by atoms with Gasteiger partial charge < -0.3 is 10.3 Å². The Morgan fingerprint density at radius 1 is 1.40 bits per heavy atom. The average molecular weight is 276 g/mol. The maximum atomic E-state index is 8.94. The van der Waals surface area contributed by atoms with Crippen LogP contribution in [-0.2, 0) is 5.41 Å². The van der Waals surface area contributed by atoms with Crippen LogP contribution < -0.4 is 16.2 Å². The first-order valence-electron chi connectivity index (χ1n) is 6.67. The van der Waals surface area contributed by atoms with Crippen molar-refractivity contribution in [3.05, 3.63) is 11.4 Å². The standard InChI is InChI=1S/C14H24N6/c1-9(7-15)8-20(6)12-10(2)11(19-16)17-13(18-12)14(3,4)5/h9H,8,16H2,1-6H3,(H,17,18,19). The summed E-state index contributed by atoms with van der Waals surface area (Å²) in [5.41, 5.74) is 3.34. The van der Waals surface area contributed by atoms with Crippen LogP contribution in [0.15, 0.2) is 0 Å². The van der Waals surface area contributed by atoms with Crippen molar-refractivity contribution in [2.75, 3.05) is 23.9 Å². The van der Waals surface area contributed by atoms with Crippen molar-refractivity contribution in [2.24, 2.45) is 11.8 Å². The average Bonchev–Trinajstić information content (AvgIpc) is 2.37. The number of nitrogens with two attached hydrogens (primary N) is 1. The summed E-state index contributed by atoms with van der Waals surface area (Å²) in [4.78, 5) is 11.1. The van der Waals surface area contributed by atoms with Gasteiger partial charge in [-0.15, -0.1) is 0 Å². The zero-order valence-corrected chi connectivity index (χ0v) is 13.2. The van der Waals surface area contributed by atoms with Gasteiger partial charge in [-0.3, -0.25) is 0 Å². The lowest BCUT2D eigenvalue weighted by Crippen LogP contribution is -2.28. The molecular weight excluding hydrogens is 252 g/mol. The third-order valence-electron chi connectivity index (χ3n) is 3.06. The van der Waals surface area contributed by atoms with Crippen LogP contribution in [0, 0.1) is 24.2 Å². The molecule has 110 valence electrons. The molecule has 0 bridgehead atoms. The lowest BCUT2D eigenvalue weighted by atomic mass is 9.95. The van der Waals surface area contributed by atoms with E-state index in [0.29, 0.717) is 12.4 Å². The highest BCUT2D eigenvalue weighted by Gasteiger charge is 2.22. The first kappa shape index (κ1) is 16.2. The molecule has 20 heavy (non-hydrogen) atoms. The quantitative estimate of drug-likeness (QED) is 0.645. The molecular formula is C14H24N6.